The van der Waals surface area contributed by atoms with Gasteiger partial charge in [0.15, 0.2) is 11.5 Å². The average Bonchev–Trinajstić information content (AvgIpc) is 3.19. The zero-order chi connectivity index (χ0) is 20.0. The third-order valence-corrected chi connectivity index (χ3v) is 5.67. The van der Waals surface area contributed by atoms with Crippen molar-refractivity contribution in [1.29, 1.82) is 0 Å². The van der Waals surface area contributed by atoms with Crippen molar-refractivity contribution in [3.63, 3.8) is 0 Å². The first kappa shape index (κ1) is 17.6. The predicted octanol–water partition coefficient (Wildman–Crippen LogP) is 4.95. The number of phenolic OH excluding ortho intramolecular Hbond substituents is 1. The molecule has 146 valence electrons. The van der Waals surface area contributed by atoms with Crippen LogP contribution in [0.2, 0.25) is 0 Å². The highest BCUT2D eigenvalue weighted by Crippen LogP contribution is 2.51. The molecular formula is C24H22N2O3. The Kier molecular flexibility index (Phi) is 4.16. The highest BCUT2D eigenvalue weighted by Gasteiger charge is 2.42. The number of aryl methyl sites for hydroxylation is 1. The van der Waals surface area contributed by atoms with E-state index in [1.54, 1.807) is 13.2 Å². The van der Waals surface area contributed by atoms with Crippen molar-refractivity contribution in [2.45, 2.75) is 25.6 Å². The zero-order valence-corrected chi connectivity index (χ0v) is 16.4. The summed E-state index contributed by atoms with van der Waals surface area (Å²) in [7, 11) is 1.66. The molecule has 0 spiro atoms. The molecule has 2 atom stereocenters. The molecule has 0 bridgehead atoms. The van der Waals surface area contributed by atoms with E-state index in [2.05, 4.69) is 25.1 Å². The number of ether oxygens (including phenoxy) is 2. The second-order valence-corrected chi connectivity index (χ2v) is 7.37. The van der Waals surface area contributed by atoms with E-state index in [1.807, 2.05) is 47.5 Å². The molecule has 0 saturated carbocycles. The Morgan fingerprint density at radius 3 is 2.55 bits per heavy atom. The molecule has 5 heteroatoms. The molecule has 0 aromatic heterocycles. The summed E-state index contributed by atoms with van der Waals surface area (Å²) in [6.45, 7) is 2.08. The summed E-state index contributed by atoms with van der Waals surface area (Å²) in [6.07, 6.45) is 0.317. The molecule has 0 saturated heterocycles. The molecule has 0 radical (unpaired) electrons. The van der Waals surface area contributed by atoms with Gasteiger partial charge in [-0.3, -0.25) is 0 Å². The standard InChI is InChI=1S/C24H22N2O3/c1-15-8-3-4-9-16(15)24-26-20(18-11-7-13-22(28-2)23(18)29-24)14-19(25-26)17-10-5-6-12-21(17)27/h3-13,20,24,27H,14H2,1-2H3. The van der Waals surface area contributed by atoms with Crippen LogP contribution < -0.4 is 9.47 Å². The Labute approximate surface area is 169 Å². The summed E-state index contributed by atoms with van der Waals surface area (Å²) in [5.41, 5.74) is 4.86. The first-order valence-corrected chi connectivity index (χ1v) is 9.70. The van der Waals surface area contributed by atoms with Gasteiger partial charge < -0.3 is 14.6 Å². The summed E-state index contributed by atoms with van der Waals surface area (Å²) in [6, 6.07) is 21.5. The number of fused-ring (bicyclic) bond motifs is 3. The number of hydrogen-bond acceptors (Lipinski definition) is 5. The molecule has 29 heavy (non-hydrogen) atoms. The van der Waals surface area contributed by atoms with Crippen LogP contribution in [-0.4, -0.2) is 22.9 Å². The molecule has 2 unspecified atom stereocenters. The van der Waals surface area contributed by atoms with Crippen molar-refractivity contribution in [3.05, 3.63) is 89.0 Å². The molecule has 1 N–H and O–H groups in total. The number of rotatable bonds is 3. The molecule has 2 aliphatic rings. The van der Waals surface area contributed by atoms with Crippen LogP contribution in [0.5, 0.6) is 17.2 Å². The number of methoxy groups -OCH3 is 1. The molecular weight excluding hydrogens is 364 g/mol. The Morgan fingerprint density at radius 1 is 1.00 bits per heavy atom. The van der Waals surface area contributed by atoms with Crippen LogP contribution in [0.4, 0.5) is 0 Å². The van der Waals surface area contributed by atoms with Crippen LogP contribution in [-0.2, 0) is 0 Å². The lowest BCUT2D eigenvalue weighted by Crippen LogP contribution is -2.34. The van der Waals surface area contributed by atoms with Gasteiger partial charge in [-0.15, -0.1) is 0 Å². The smallest absolute Gasteiger partial charge is 0.214 e. The van der Waals surface area contributed by atoms with Crippen molar-refractivity contribution in [2.75, 3.05) is 7.11 Å². The van der Waals surface area contributed by atoms with Crippen LogP contribution in [0.1, 0.15) is 40.9 Å². The topological polar surface area (TPSA) is 54.3 Å². The number of aromatic hydroxyl groups is 1. The van der Waals surface area contributed by atoms with E-state index in [0.29, 0.717) is 6.42 Å². The molecule has 2 aliphatic heterocycles. The van der Waals surface area contributed by atoms with Crippen molar-refractivity contribution in [2.24, 2.45) is 5.10 Å². The minimum atomic E-state index is -0.367. The normalized spacial score (nSPS) is 19.8. The van der Waals surface area contributed by atoms with Crippen LogP contribution in [0, 0.1) is 6.92 Å². The SMILES string of the molecule is COc1cccc2c1OC(c1ccccc1C)N1N=C(c3ccccc3O)CC21. The fourth-order valence-electron chi connectivity index (χ4n) is 4.19. The highest BCUT2D eigenvalue weighted by atomic mass is 16.5. The summed E-state index contributed by atoms with van der Waals surface area (Å²) in [5, 5.41) is 17.3. The van der Waals surface area contributed by atoms with Gasteiger partial charge in [0.05, 0.1) is 18.9 Å². The Morgan fingerprint density at radius 2 is 1.76 bits per heavy atom. The number of benzene rings is 3. The summed E-state index contributed by atoms with van der Waals surface area (Å²) in [5.74, 6) is 1.72. The maximum Gasteiger partial charge on any atom is 0.214 e. The van der Waals surface area contributed by atoms with Crippen LogP contribution in [0.3, 0.4) is 0 Å². The van der Waals surface area contributed by atoms with Gasteiger partial charge in [0, 0.05) is 23.1 Å². The van der Waals surface area contributed by atoms with Crippen molar-refractivity contribution in [3.8, 4) is 17.2 Å². The average molecular weight is 386 g/mol. The first-order chi connectivity index (χ1) is 14.2. The molecule has 5 rings (SSSR count). The fourth-order valence-corrected chi connectivity index (χ4v) is 4.19. The minimum absolute atomic E-state index is 0.00747. The minimum Gasteiger partial charge on any atom is -0.507 e. The lowest BCUT2D eigenvalue weighted by molar-refractivity contribution is -0.0212. The maximum atomic E-state index is 10.4. The van der Waals surface area contributed by atoms with Gasteiger partial charge in [-0.25, -0.2) is 5.01 Å². The monoisotopic (exact) mass is 386 g/mol. The Hall–Kier alpha value is -3.47. The van der Waals surface area contributed by atoms with E-state index in [9.17, 15) is 5.11 Å². The van der Waals surface area contributed by atoms with Gasteiger partial charge in [0.1, 0.15) is 5.75 Å². The molecule has 2 heterocycles. The predicted molar refractivity (Wildman–Crippen MR) is 111 cm³/mol. The number of phenols is 1. The van der Waals surface area contributed by atoms with E-state index in [-0.39, 0.29) is 18.0 Å². The molecule has 0 amide bonds. The molecule has 3 aromatic rings. The Balaban J connectivity index is 1.66. The fraction of sp³-hybridized carbons (Fsp3) is 0.208. The number of hydrazone groups is 1. The van der Waals surface area contributed by atoms with Gasteiger partial charge in [-0.05, 0) is 30.7 Å². The highest BCUT2D eigenvalue weighted by molar-refractivity contribution is 6.04. The van der Waals surface area contributed by atoms with Crippen molar-refractivity contribution < 1.29 is 14.6 Å². The van der Waals surface area contributed by atoms with Crippen molar-refractivity contribution >= 4 is 5.71 Å². The summed E-state index contributed by atoms with van der Waals surface area (Å²) < 4.78 is 12.1. The van der Waals surface area contributed by atoms with Crippen LogP contribution in [0.15, 0.2) is 71.8 Å². The van der Waals surface area contributed by atoms with Gasteiger partial charge in [0.25, 0.3) is 0 Å². The lowest BCUT2D eigenvalue weighted by atomic mass is 9.94. The maximum absolute atomic E-state index is 10.4. The van der Waals surface area contributed by atoms with E-state index in [1.165, 1.54) is 0 Å². The van der Waals surface area contributed by atoms with Gasteiger partial charge in [0.2, 0.25) is 6.23 Å². The van der Waals surface area contributed by atoms with Crippen LogP contribution >= 0.6 is 0 Å². The Bertz CT molecular complexity index is 1110. The number of hydrogen-bond donors (Lipinski definition) is 1. The van der Waals surface area contributed by atoms with E-state index in [4.69, 9.17) is 14.6 Å². The van der Waals surface area contributed by atoms with Crippen LogP contribution in [0.25, 0.3) is 0 Å². The van der Waals surface area contributed by atoms with Gasteiger partial charge in [-0.2, -0.15) is 5.10 Å². The van der Waals surface area contributed by atoms with E-state index in [0.717, 1.165) is 39.5 Å². The summed E-state index contributed by atoms with van der Waals surface area (Å²) in [4.78, 5) is 0. The zero-order valence-electron chi connectivity index (χ0n) is 16.4. The molecule has 5 nitrogen and oxygen atoms in total. The third kappa shape index (κ3) is 2.81. The molecule has 3 aromatic carbocycles. The number of para-hydroxylation sites is 2. The second kappa shape index (κ2) is 6.85. The quantitative estimate of drug-likeness (QED) is 0.692. The summed E-state index contributed by atoms with van der Waals surface area (Å²) >= 11 is 0. The lowest BCUT2D eigenvalue weighted by Gasteiger charge is -2.39. The first-order valence-electron chi connectivity index (χ1n) is 9.70. The van der Waals surface area contributed by atoms with Crippen molar-refractivity contribution in [1.82, 2.24) is 5.01 Å². The number of nitrogens with zero attached hydrogens (tertiary/aromatic N) is 2. The van der Waals surface area contributed by atoms with E-state index >= 15 is 0 Å². The van der Waals surface area contributed by atoms with Gasteiger partial charge in [-0.1, -0.05) is 48.5 Å². The van der Waals surface area contributed by atoms with Gasteiger partial charge >= 0.3 is 0 Å². The largest absolute Gasteiger partial charge is 0.507 e. The second-order valence-electron chi connectivity index (χ2n) is 7.37. The van der Waals surface area contributed by atoms with E-state index < -0.39 is 0 Å². The molecule has 0 aliphatic carbocycles. The molecule has 0 fully saturated rings. The third-order valence-electron chi connectivity index (χ3n) is 5.67.